The molecule has 2 atom stereocenters. The fourth-order valence-electron chi connectivity index (χ4n) is 2.22. The second kappa shape index (κ2) is 8.98. The topological polar surface area (TPSA) is 30.5 Å². The van der Waals surface area contributed by atoms with Crippen molar-refractivity contribution < 1.29 is 9.47 Å². The molecule has 0 aromatic heterocycles. The van der Waals surface area contributed by atoms with Crippen molar-refractivity contribution in [2.24, 2.45) is 5.92 Å². The smallest absolute Gasteiger partial charge is 0.118 e. The van der Waals surface area contributed by atoms with Crippen LogP contribution in [0.3, 0.4) is 0 Å². The van der Waals surface area contributed by atoms with E-state index in [2.05, 4.69) is 38.2 Å². The van der Waals surface area contributed by atoms with Crippen LogP contribution in [0.4, 0.5) is 0 Å². The number of hydrogen-bond donors (Lipinski definition) is 1. The summed E-state index contributed by atoms with van der Waals surface area (Å²) in [5.41, 5.74) is 1.30. The van der Waals surface area contributed by atoms with E-state index >= 15 is 0 Å². The number of ether oxygens (including phenoxy) is 2. The van der Waals surface area contributed by atoms with E-state index in [9.17, 15) is 0 Å². The minimum atomic E-state index is 0.355. The average Bonchev–Trinajstić information content (AvgIpc) is 2.47. The molecule has 3 nitrogen and oxygen atoms in total. The van der Waals surface area contributed by atoms with Crippen LogP contribution in [0.5, 0.6) is 5.75 Å². The lowest BCUT2D eigenvalue weighted by atomic mass is 9.99. The first-order valence-electron chi connectivity index (χ1n) is 7.60. The van der Waals surface area contributed by atoms with Gasteiger partial charge < -0.3 is 14.8 Å². The molecule has 1 rings (SSSR count). The third kappa shape index (κ3) is 5.14. The molecule has 0 aliphatic rings. The predicted molar refractivity (Wildman–Crippen MR) is 84.3 cm³/mol. The molecule has 2 unspecified atom stereocenters. The van der Waals surface area contributed by atoms with Crippen LogP contribution in [-0.4, -0.2) is 26.4 Å². The van der Waals surface area contributed by atoms with Gasteiger partial charge in [-0.2, -0.15) is 0 Å². The summed E-state index contributed by atoms with van der Waals surface area (Å²) >= 11 is 0. The molecule has 0 amide bonds. The Morgan fingerprint density at radius 1 is 1.10 bits per heavy atom. The summed E-state index contributed by atoms with van der Waals surface area (Å²) in [6.07, 6.45) is 1.06. The molecular formula is C17H29NO2. The minimum absolute atomic E-state index is 0.355. The first kappa shape index (κ1) is 17.0. The van der Waals surface area contributed by atoms with E-state index in [0.29, 0.717) is 18.0 Å². The fraction of sp³-hybridized carbons (Fsp3) is 0.647. The van der Waals surface area contributed by atoms with Gasteiger partial charge in [-0.1, -0.05) is 32.9 Å². The maximum absolute atomic E-state index is 5.59. The third-order valence-corrected chi connectivity index (χ3v) is 3.65. The normalized spacial score (nSPS) is 14.3. The van der Waals surface area contributed by atoms with E-state index in [4.69, 9.17) is 9.47 Å². The van der Waals surface area contributed by atoms with Gasteiger partial charge in [0.05, 0.1) is 13.7 Å². The van der Waals surface area contributed by atoms with E-state index in [-0.39, 0.29) is 0 Å². The molecular weight excluding hydrogens is 250 g/mol. The number of methoxy groups -OCH3 is 1. The highest BCUT2D eigenvalue weighted by Gasteiger charge is 2.18. The SMILES string of the molecule is CCOCC(NC(CC)c1ccc(OC)cc1)C(C)C. The molecule has 0 saturated carbocycles. The summed E-state index contributed by atoms with van der Waals surface area (Å²) in [5.74, 6) is 1.45. The van der Waals surface area contributed by atoms with Crippen molar-refractivity contribution >= 4 is 0 Å². The molecule has 3 heteroatoms. The Morgan fingerprint density at radius 3 is 2.20 bits per heavy atom. The van der Waals surface area contributed by atoms with Gasteiger partial charge in [-0.3, -0.25) is 0 Å². The molecule has 1 N–H and O–H groups in total. The third-order valence-electron chi connectivity index (χ3n) is 3.65. The van der Waals surface area contributed by atoms with Gasteiger partial charge in [0.25, 0.3) is 0 Å². The number of hydrogen-bond acceptors (Lipinski definition) is 3. The molecule has 114 valence electrons. The van der Waals surface area contributed by atoms with Gasteiger partial charge in [-0.25, -0.2) is 0 Å². The highest BCUT2D eigenvalue weighted by Crippen LogP contribution is 2.21. The summed E-state index contributed by atoms with van der Waals surface area (Å²) < 4.78 is 10.8. The van der Waals surface area contributed by atoms with Gasteiger partial charge in [0.2, 0.25) is 0 Å². The Labute approximate surface area is 123 Å². The number of nitrogens with one attached hydrogen (secondary N) is 1. The van der Waals surface area contributed by atoms with E-state index in [1.807, 2.05) is 19.1 Å². The molecule has 0 bridgehead atoms. The van der Waals surface area contributed by atoms with Gasteiger partial charge in [0.15, 0.2) is 0 Å². The van der Waals surface area contributed by atoms with Crippen molar-refractivity contribution in [2.75, 3.05) is 20.3 Å². The van der Waals surface area contributed by atoms with Crippen molar-refractivity contribution in [2.45, 2.75) is 46.2 Å². The van der Waals surface area contributed by atoms with Gasteiger partial charge >= 0.3 is 0 Å². The largest absolute Gasteiger partial charge is 0.497 e. The van der Waals surface area contributed by atoms with Crippen molar-refractivity contribution in [3.8, 4) is 5.75 Å². The molecule has 0 spiro atoms. The zero-order valence-corrected chi connectivity index (χ0v) is 13.5. The molecule has 0 heterocycles. The summed E-state index contributed by atoms with van der Waals surface area (Å²) in [5, 5.41) is 3.73. The number of rotatable bonds is 9. The first-order valence-corrected chi connectivity index (χ1v) is 7.60. The molecule has 0 radical (unpaired) electrons. The summed E-state index contributed by atoms with van der Waals surface area (Å²) in [6.45, 7) is 10.2. The lowest BCUT2D eigenvalue weighted by Gasteiger charge is -2.28. The molecule has 0 fully saturated rings. The van der Waals surface area contributed by atoms with Crippen LogP contribution in [0.15, 0.2) is 24.3 Å². The quantitative estimate of drug-likeness (QED) is 0.746. The van der Waals surface area contributed by atoms with Gasteiger partial charge in [-0.15, -0.1) is 0 Å². The van der Waals surface area contributed by atoms with Crippen LogP contribution in [0, 0.1) is 5.92 Å². The van der Waals surface area contributed by atoms with Crippen LogP contribution in [-0.2, 0) is 4.74 Å². The van der Waals surface area contributed by atoms with Crippen molar-refractivity contribution in [1.82, 2.24) is 5.32 Å². The van der Waals surface area contributed by atoms with Crippen LogP contribution in [0.2, 0.25) is 0 Å². The van der Waals surface area contributed by atoms with Crippen LogP contribution in [0.25, 0.3) is 0 Å². The summed E-state index contributed by atoms with van der Waals surface area (Å²) in [7, 11) is 1.70. The fourth-order valence-corrected chi connectivity index (χ4v) is 2.22. The van der Waals surface area contributed by atoms with Gasteiger partial charge in [0.1, 0.15) is 5.75 Å². The van der Waals surface area contributed by atoms with E-state index < -0.39 is 0 Å². The molecule has 0 aliphatic heterocycles. The van der Waals surface area contributed by atoms with Gasteiger partial charge in [-0.05, 0) is 37.0 Å². The molecule has 1 aromatic carbocycles. The van der Waals surface area contributed by atoms with Crippen LogP contribution >= 0.6 is 0 Å². The molecule has 0 saturated heterocycles. The first-order chi connectivity index (χ1) is 9.62. The standard InChI is InChI=1S/C17H29NO2/c1-6-16(14-8-10-15(19-5)11-9-14)18-17(13(3)4)12-20-7-2/h8-11,13,16-18H,6-7,12H2,1-5H3. The maximum Gasteiger partial charge on any atom is 0.118 e. The zero-order valence-electron chi connectivity index (χ0n) is 13.5. The van der Waals surface area contributed by atoms with E-state index in [0.717, 1.165) is 25.4 Å². The lowest BCUT2D eigenvalue weighted by Crippen LogP contribution is -2.40. The highest BCUT2D eigenvalue weighted by atomic mass is 16.5. The minimum Gasteiger partial charge on any atom is -0.497 e. The highest BCUT2D eigenvalue weighted by molar-refractivity contribution is 5.29. The average molecular weight is 279 g/mol. The Kier molecular flexibility index (Phi) is 7.63. The monoisotopic (exact) mass is 279 g/mol. The van der Waals surface area contributed by atoms with Crippen LogP contribution < -0.4 is 10.1 Å². The van der Waals surface area contributed by atoms with Gasteiger partial charge in [0, 0.05) is 18.7 Å². The van der Waals surface area contributed by atoms with Crippen molar-refractivity contribution in [3.05, 3.63) is 29.8 Å². The second-order valence-corrected chi connectivity index (χ2v) is 5.41. The maximum atomic E-state index is 5.59. The van der Waals surface area contributed by atoms with Crippen molar-refractivity contribution in [1.29, 1.82) is 0 Å². The Morgan fingerprint density at radius 2 is 1.75 bits per heavy atom. The van der Waals surface area contributed by atoms with E-state index in [1.165, 1.54) is 5.56 Å². The zero-order chi connectivity index (χ0) is 15.0. The van der Waals surface area contributed by atoms with E-state index in [1.54, 1.807) is 7.11 Å². The Bertz CT molecular complexity index is 362. The summed E-state index contributed by atoms with van der Waals surface area (Å²) in [4.78, 5) is 0. The Balaban J connectivity index is 2.72. The Hall–Kier alpha value is -1.06. The molecule has 20 heavy (non-hydrogen) atoms. The molecule has 1 aromatic rings. The summed E-state index contributed by atoms with van der Waals surface area (Å²) in [6, 6.07) is 9.05. The predicted octanol–water partition coefficient (Wildman–Crippen LogP) is 3.80. The van der Waals surface area contributed by atoms with Crippen LogP contribution in [0.1, 0.15) is 45.7 Å². The molecule has 0 aliphatic carbocycles. The number of benzene rings is 1. The van der Waals surface area contributed by atoms with Crippen molar-refractivity contribution in [3.63, 3.8) is 0 Å². The second-order valence-electron chi connectivity index (χ2n) is 5.41. The lowest BCUT2D eigenvalue weighted by molar-refractivity contribution is 0.103.